The zero-order valence-electron chi connectivity index (χ0n) is 12.4. The van der Waals surface area contributed by atoms with Gasteiger partial charge in [-0.2, -0.15) is 0 Å². The highest BCUT2D eigenvalue weighted by atomic mass is 16.5. The molecule has 3 N–H and O–H groups in total. The van der Waals surface area contributed by atoms with Crippen molar-refractivity contribution in [2.24, 2.45) is 11.8 Å². The van der Waals surface area contributed by atoms with E-state index < -0.39 is 5.97 Å². The summed E-state index contributed by atoms with van der Waals surface area (Å²) >= 11 is 0. The van der Waals surface area contributed by atoms with Crippen molar-refractivity contribution in [2.45, 2.75) is 45.6 Å². The van der Waals surface area contributed by atoms with Crippen LogP contribution < -0.4 is 10.6 Å². The number of carbonyl (C=O) groups excluding carboxylic acids is 1. The monoisotopic (exact) mass is 286 g/mol. The third kappa shape index (κ3) is 5.77. The lowest BCUT2D eigenvalue weighted by Gasteiger charge is -2.17. The van der Waals surface area contributed by atoms with Gasteiger partial charge in [0.15, 0.2) is 0 Å². The fourth-order valence-corrected chi connectivity index (χ4v) is 2.40. The normalized spacial score (nSPS) is 23.3. The van der Waals surface area contributed by atoms with Crippen molar-refractivity contribution in [3.63, 3.8) is 0 Å². The number of nitrogens with one attached hydrogen (secondary N) is 2. The Morgan fingerprint density at radius 1 is 1.40 bits per heavy atom. The molecular formula is C14H26N2O4. The summed E-state index contributed by atoms with van der Waals surface area (Å²) in [5.41, 5.74) is 0. The van der Waals surface area contributed by atoms with Crippen LogP contribution in [0.15, 0.2) is 0 Å². The van der Waals surface area contributed by atoms with E-state index in [1.54, 1.807) is 6.92 Å². The Bertz CT molecular complexity index is 322. The molecule has 0 radical (unpaired) electrons. The first kappa shape index (κ1) is 16.8. The summed E-state index contributed by atoms with van der Waals surface area (Å²) in [5, 5.41) is 14.3. The number of urea groups is 1. The van der Waals surface area contributed by atoms with E-state index in [0.29, 0.717) is 31.8 Å². The number of carboxylic acids is 1. The Labute approximate surface area is 120 Å². The van der Waals surface area contributed by atoms with Crippen LogP contribution in [0.1, 0.15) is 39.5 Å². The van der Waals surface area contributed by atoms with Gasteiger partial charge in [0.25, 0.3) is 0 Å². The van der Waals surface area contributed by atoms with E-state index in [1.165, 1.54) is 0 Å². The summed E-state index contributed by atoms with van der Waals surface area (Å²) in [5.74, 6) is -0.750. The SMILES string of the molecule is CCC1OCCC1CNC(=O)NCCCC(C)C(=O)O. The lowest BCUT2D eigenvalue weighted by Crippen LogP contribution is -2.40. The van der Waals surface area contributed by atoms with Crippen molar-refractivity contribution in [1.82, 2.24) is 10.6 Å². The van der Waals surface area contributed by atoms with Crippen LogP contribution >= 0.6 is 0 Å². The van der Waals surface area contributed by atoms with Gasteiger partial charge in [-0.15, -0.1) is 0 Å². The molecular weight excluding hydrogens is 260 g/mol. The van der Waals surface area contributed by atoms with Crippen LogP contribution in [0.4, 0.5) is 4.79 Å². The van der Waals surface area contributed by atoms with Gasteiger partial charge in [-0.1, -0.05) is 13.8 Å². The van der Waals surface area contributed by atoms with Gasteiger partial charge in [0.1, 0.15) is 0 Å². The van der Waals surface area contributed by atoms with Gasteiger partial charge >= 0.3 is 12.0 Å². The van der Waals surface area contributed by atoms with Crippen LogP contribution in [-0.4, -0.2) is 42.9 Å². The highest BCUT2D eigenvalue weighted by Crippen LogP contribution is 2.22. The molecule has 1 heterocycles. The van der Waals surface area contributed by atoms with Crippen molar-refractivity contribution in [3.8, 4) is 0 Å². The zero-order valence-corrected chi connectivity index (χ0v) is 12.4. The molecule has 1 aliphatic rings. The molecule has 1 saturated heterocycles. The second-order valence-electron chi connectivity index (χ2n) is 5.38. The van der Waals surface area contributed by atoms with E-state index in [9.17, 15) is 9.59 Å². The maximum absolute atomic E-state index is 11.6. The standard InChI is InChI=1S/C14H26N2O4/c1-3-12-11(6-8-20-12)9-16-14(19)15-7-4-5-10(2)13(17)18/h10-12H,3-9H2,1-2H3,(H,17,18)(H2,15,16,19). The molecule has 3 unspecified atom stereocenters. The first-order valence-corrected chi connectivity index (χ1v) is 7.40. The predicted octanol–water partition coefficient (Wildman–Crippen LogP) is 1.60. The van der Waals surface area contributed by atoms with Gasteiger partial charge in [-0.25, -0.2) is 4.79 Å². The maximum Gasteiger partial charge on any atom is 0.314 e. The number of carboxylic acid groups (broad SMARTS) is 1. The molecule has 1 aliphatic heterocycles. The largest absolute Gasteiger partial charge is 0.481 e. The average molecular weight is 286 g/mol. The summed E-state index contributed by atoms with van der Waals surface area (Å²) in [6.07, 6.45) is 3.47. The molecule has 6 nitrogen and oxygen atoms in total. The quantitative estimate of drug-likeness (QED) is 0.591. The Morgan fingerprint density at radius 2 is 2.15 bits per heavy atom. The molecule has 0 spiro atoms. The fraction of sp³-hybridized carbons (Fsp3) is 0.857. The zero-order chi connectivity index (χ0) is 15.0. The van der Waals surface area contributed by atoms with Crippen LogP contribution in [0.3, 0.4) is 0 Å². The van der Waals surface area contributed by atoms with Crippen LogP contribution in [0.5, 0.6) is 0 Å². The van der Waals surface area contributed by atoms with Gasteiger partial charge in [-0.05, 0) is 25.7 Å². The number of rotatable bonds is 8. The number of hydrogen-bond donors (Lipinski definition) is 3. The molecule has 0 aromatic heterocycles. The Balaban J connectivity index is 2.07. The molecule has 2 amide bonds. The summed E-state index contributed by atoms with van der Waals surface area (Å²) in [4.78, 5) is 22.2. The molecule has 0 saturated carbocycles. The average Bonchev–Trinajstić information content (AvgIpc) is 2.88. The van der Waals surface area contributed by atoms with E-state index in [4.69, 9.17) is 9.84 Å². The minimum absolute atomic E-state index is 0.185. The van der Waals surface area contributed by atoms with Crippen molar-refractivity contribution >= 4 is 12.0 Å². The van der Waals surface area contributed by atoms with E-state index in [0.717, 1.165) is 19.4 Å². The first-order chi connectivity index (χ1) is 9.54. The van der Waals surface area contributed by atoms with Gasteiger partial charge in [0, 0.05) is 25.6 Å². The lowest BCUT2D eigenvalue weighted by molar-refractivity contribution is -0.141. The molecule has 0 bridgehead atoms. The van der Waals surface area contributed by atoms with Gasteiger partial charge < -0.3 is 20.5 Å². The molecule has 1 rings (SSSR count). The molecule has 116 valence electrons. The van der Waals surface area contributed by atoms with Crippen LogP contribution in [0, 0.1) is 11.8 Å². The minimum atomic E-state index is -0.790. The van der Waals surface area contributed by atoms with Crippen molar-refractivity contribution in [3.05, 3.63) is 0 Å². The highest BCUT2D eigenvalue weighted by molar-refractivity contribution is 5.73. The smallest absolute Gasteiger partial charge is 0.314 e. The van der Waals surface area contributed by atoms with Crippen LogP contribution in [0.2, 0.25) is 0 Å². The molecule has 0 aliphatic carbocycles. The molecule has 0 aromatic carbocycles. The maximum atomic E-state index is 11.6. The number of aliphatic carboxylic acids is 1. The van der Waals surface area contributed by atoms with Crippen molar-refractivity contribution < 1.29 is 19.4 Å². The van der Waals surface area contributed by atoms with Crippen molar-refractivity contribution in [1.29, 1.82) is 0 Å². The summed E-state index contributed by atoms with van der Waals surface area (Å²) < 4.78 is 5.57. The van der Waals surface area contributed by atoms with Crippen LogP contribution in [0.25, 0.3) is 0 Å². The Morgan fingerprint density at radius 3 is 2.80 bits per heavy atom. The number of ether oxygens (including phenoxy) is 1. The van der Waals surface area contributed by atoms with E-state index in [-0.39, 0.29) is 18.1 Å². The number of hydrogen-bond acceptors (Lipinski definition) is 3. The van der Waals surface area contributed by atoms with Crippen LogP contribution in [-0.2, 0) is 9.53 Å². The third-order valence-electron chi connectivity index (χ3n) is 3.79. The van der Waals surface area contributed by atoms with E-state index >= 15 is 0 Å². The summed E-state index contributed by atoms with van der Waals surface area (Å²) in [7, 11) is 0. The molecule has 1 fully saturated rings. The molecule has 3 atom stereocenters. The lowest BCUT2D eigenvalue weighted by atomic mass is 10.00. The fourth-order valence-electron chi connectivity index (χ4n) is 2.40. The number of amides is 2. The second kappa shape index (κ2) is 8.79. The third-order valence-corrected chi connectivity index (χ3v) is 3.79. The molecule has 20 heavy (non-hydrogen) atoms. The minimum Gasteiger partial charge on any atom is -0.481 e. The predicted molar refractivity (Wildman–Crippen MR) is 75.6 cm³/mol. The topological polar surface area (TPSA) is 87.7 Å². The van der Waals surface area contributed by atoms with Gasteiger partial charge in [0.05, 0.1) is 12.0 Å². The van der Waals surface area contributed by atoms with Crippen molar-refractivity contribution in [2.75, 3.05) is 19.7 Å². The summed E-state index contributed by atoms with van der Waals surface area (Å²) in [6, 6.07) is -0.185. The van der Waals surface area contributed by atoms with E-state index in [2.05, 4.69) is 17.6 Å². The highest BCUT2D eigenvalue weighted by Gasteiger charge is 2.26. The number of carbonyl (C=O) groups is 2. The Hall–Kier alpha value is -1.30. The second-order valence-corrected chi connectivity index (χ2v) is 5.38. The Kier molecular flexibility index (Phi) is 7.36. The van der Waals surface area contributed by atoms with E-state index in [1.807, 2.05) is 0 Å². The summed E-state index contributed by atoms with van der Waals surface area (Å²) in [6.45, 7) is 5.68. The first-order valence-electron chi connectivity index (χ1n) is 7.40. The van der Waals surface area contributed by atoms with Gasteiger partial charge in [-0.3, -0.25) is 4.79 Å². The molecule has 6 heteroatoms. The van der Waals surface area contributed by atoms with Gasteiger partial charge in [0.2, 0.25) is 0 Å². The molecule has 0 aromatic rings.